The fraction of sp³-hybridized carbons (Fsp3) is 0.500. The molecule has 0 fully saturated rings. The number of hydrogen-bond acceptors (Lipinski definition) is 4. The molecule has 0 aliphatic carbocycles. The number of hydrogen-bond donors (Lipinski definition) is 2. The van der Waals surface area contributed by atoms with Gasteiger partial charge >= 0.3 is 0 Å². The normalized spacial score (nSPS) is 13.2. The van der Waals surface area contributed by atoms with Gasteiger partial charge in [0.2, 0.25) is 0 Å². The van der Waals surface area contributed by atoms with Crippen LogP contribution in [-0.4, -0.2) is 24.5 Å². The van der Waals surface area contributed by atoms with Gasteiger partial charge in [-0.25, -0.2) is 4.98 Å². The number of aliphatic imine (C=N–C) groups is 1. The van der Waals surface area contributed by atoms with Crippen LogP contribution >= 0.6 is 22.7 Å². The average Bonchev–Trinajstić information content (AvgIpc) is 3.09. The van der Waals surface area contributed by atoms with E-state index in [1.54, 1.807) is 11.3 Å². The summed E-state index contributed by atoms with van der Waals surface area (Å²) in [6, 6.07) is 4.31. The Hall–Kier alpha value is -1.40. The molecule has 0 aliphatic heterocycles. The molecule has 4 nitrogen and oxygen atoms in total. The molecule has 2 N–H and O–H groups in total. The third-order valence-corrected chi connectivity index (χ3v) is 5.36. The lowest BCUT2D eigenvalue weighted by molar-refractivity contribution is 0.562. The summed E-state index contributed by atoms with van der Waals surface area (Å²) in [7, 11) is 1.81. The number of aromatic nitrogens is 1. The molecule has 1 atom stereocenters. The SMILES string of the molecule is CN=C(NCc1sc(C)nc1C)NCC(C)Cc1cccs1. The van der Waals surface area contributed by atoms with E-state index in [9.17, 15) is 0 Å². The molecule has 120 valence electrons. The summed E-state index contributed by atoms with van der Waals surface area (Å²) in [4.78, 5) is 11.4. The van der Waals surface area contributed by atoms with Gasteiger partial charge in [0.25, 0.3) is 0 Å². The number of nitrogens with one attached hydrogen (secondary N) is 2. The summed E-state index contributed by atoms with van der Waals surface area (Å²) in [5, 5.41) is 10.0. The van der Waals surface area contributed by atoms with Crippen LogP contribution in [0.15, 0.2) is 22.5 Å². The highest BCUT2D eigenvalue weighted by molar-refractivity contribution is 7.11. The van der Waals surface area contributed by atoms with Crippen LogP contribution < -0.4 is 10.6 Å². The Morgan fingerprint density at radius 1 is 1.36 bits per heavy atom. The van der Waals surface area contributed by atoms with Crippen molar-refractivity contribution in [2.24, 2.45) is 10.9 Å². The van der Waals surface area contributed by atoms with Crippen LogP contribution in [0.5, 0.6) is 0 Å². The van der Waals surface area contributed by atoms with Crippen LogP contribution in [0.3, 0.4) is 0 Å². The van der Waals surface area contributed by atoms with Gasteiger partial charge in [-0.1, -0.05) is 13.0 Å². The highest BCUT2D eigenvalue weighted by Crippen LogP contribution is 2.16. The lowest BCUT2D eigenvalue weighted by Crippen LogP contribution is -2.39. The molecule has 2 aromatic rings. The molecule has 0 radical (unpaired) electrons. The quantitative estimate of drug-likeness (QED) is 0.628. The second-order valence-electron chi connectivity index (χ2n) is 5.44. The minimum atomic E-state index is 0.574. The number of rotatable bonds is 6. The molecule has 6 heteroatoms. The summed E-state index contributed by atoms with van der Waals surface area (Å²) in [6.45, 7) is 8.05. The molecular formula is C16H24N4S2. The predicted octanol–water partition coefficient (Wildman–Crippen LogP) is 3.37. The summed E-state index contributed by atoms with van der Waals surface area (Å²) in [6.07, 6.45) is 1.11. The molecular weight excluding hydrogens is 312 g/mol. The van der Waals surface area contributed by atoms with E-state index in [-0.39, 0.29) is 0 Å². The van der Waals surface area contributed by atoms with Gasteiger partial charge in [-0.15, -0.1) is 22.7 Å². The molecule has 22 heavy (non-hydrogen) atoms. The molecule has 2 heterocycles. The van der Waals surface area contributed by atoms with Gasteiger partial charge < -0.3 is 10.6 Å². The Bertz CT molecular complexity index is 602. The van der Waals surface area contributed by atoms with Crippen LogP contribution in [0.1, 0.15) is 27.4 Å². The summed E-state index contributed by atoms with van der Waals surface area (Å²) >= 11 is 3.56. The molecule has 2 aromatic heterocycles. The molecule has 0 saturated carbocycles. The Morgan fingerprint density at radius 2 is 2.18 bits per heavy atom. The van der Waals surface area contributed by atoms with Crippen LogP contribution in [0, 0.1) is 19.8 Å². The topological polar surface area (TPSA) is 49.3 Å². The van der Waals surface area contributed by atoms with E-state index in [1.807, 2.05) is 25.3 Å². The third-order valence-electron chi connectivity index (χ3n) is 3.39. The monoisotopic (exact) mass is 336 g/mol. The molecule has 0 aliphatic rings. The zero-order valence-electron chi connectivity index (χ0n) is 13.6. The van der Waals surface area contributed by atoms with Gasteiger partial charge in [0, 0.05) is 23.3 Å². The van der Waals surface area contributed by atoms with E-state index in [0.29, 0.717) is 5.92 Å². The number of guanidine groups is 1. The largest absolute Gasteiger partial charge is 0.356 e. The van der Waals surface area contributed by atoms with Crippen LogP contribution in [-0.2, 0) is 13.0 Å². The average molecular weight is 337 g/mol. The highest BCUT2D eigenvalue weighted by atomic mass is 32.1. The molecule has 0 bridgehead atoms. The first-order valence-electron chi connectivity index (χ1n) is 7.48. The van der Waals surface area contributed by atoms with Crippen molar-refractivity contribution >= 4 is 28.6 Å². The van der Waals surface area contributed by atoms with Crippen LogP contribution in [0.4, 0.5) is 0 Å². The minimum absolute atomic E-state index is 0.574. The number of aryl methyl sites for hydroxylation is 2. The van der Waals surface area contributed by atoms with E-state index in [4.69, 9.17) is 0 Å². The molecule has 0 spiro atoms. The number of nitrogens with zero attached hydrogens (tertiary/aromatic N) is 2. The molecule has 0 aromatic carbocycles. The third kappa shape index (κ3) is 5.10. The lowest BCUT2D eigenvalue weighted by Gasteiger charge is -2.15. The maximum absolute atomic E-state index is 4.45. The van der Waals surface area contributed by atoms with Crippen LogP contribution in [0.25, 0.3) is 0 Å². The fourth-order valence-electron chi connectivity index (χ4n) is 2.24. The minimum Gasteiger partial charge on any atom is -0.356 e. The second-order valence-corrected chi connectivity index (χ2v) is 7.76. The first-order valence-corrected chi connectivity index (χ1v) is 9.18. The van der Waals surface area contributed by atoms with Gasteiger partial charge in [-0.3, -0.25) is 4.99 Å². The van der Waals surface area contributed by atoms with Gasteiger partial charge in [0.15, 0.2) is 5.96 Å². The van der Waals surface area contributed by atoms with E-state index < -0.39 is 0 Å². The van der Waals surface area contributed by atoms with Crippen molar-refractivity contribution in [1.29, 1.82) is 0 Å². The van der Waals surface area contributed by atoms with Crippen molar-refractivity contribution in [2.45, 2.75) is 33.7 Å². The van der Waals surface area contributed by atoms with Crippen molar-refractivity contribution < 1.29 is 0 Å². The Morgan fingerprint density at radius 3 is 2.77 bits per heavy atom. The molecule has 1 unspecified atom stereocenters. The van der Waals surface area contributed by atoms with Crippen molar-refractivity contribution in [2.75, 3.05) is 13.6 Å². The lowest BCUT2D eigenvalue weighted by atomic mass is 10.1. The fourth-order valence-corrected chi connectivity index (χ4v) is 3.98. The standard InChI is InChI=1S/C16H24N4S2/c1-11(8-14-6-5-7-21-14)9-18-16(17-4)19-10-15-12(2)20-13(3)22-15/h5-7,11H,8-10H2,1-4H3,(H2,17,18,19). The predicted molar refractivity (Wildman–Crippen MR) is 97.0 cm³/mol. The van der Waals surface area contributed by atoms with Crippen molar-refractivity contribution in [3.05, 3.63) is 38.0 Å². The molecule has 2 rings (SSSR count). The number of thiazole rings is 1. The van der Waals surface area contributed by atoms with Gasteiger partial charge in [-0.2, -0.15) is 0 Å². The Labute approximate surface area is 140 Å². The first kappa shape index (κ1) is 17.0. The Balaban J connectivity index is 1.76. The zero-order chi connectivity index (χ0) is 15.9. The maximum Gasteiger partial charge on any atom is 0.191 e. The van der Waals surface area contributed by atoms with Gasteiger partial charge in [0.1, 0.15) is 0 Å². The van der Waals surface area contributed by atoms with Crippen molar-refractivity contribution in [3.8, 4) is 0 Å². The van der Waals surface area contributed by atoms with Gasteiger partial charge in [-0.05, 0) is 37.6 Å². The van der Waals surface area contributed by atoms with E-state index in [1.165, 1.54) is 9.75 Å². The van der Waals surface area contributed by atoms with Crippen molar-refractivity contribution in [3.63, 3.8) is 0 Å². The summed E-state index contributed by atoms with van der Waals surface area (Å²) in [5.74, 6) is 1.42. The Kier molecular flexibility index (Phi) is 6.39. The maximum atomic E-state index is 4.45. The second kappa shape index (κ2) is 8.29. The van der Waals surface area contributed by atoms with Crippen molar-refractivity contribution in [1.82, 2.24) is 15.6 Å². The van der Waals surface area contributed by atoms with E-state index >= 15 is 0 Å². The number of thiophene rings is 1. The van der Waals surface area contributed by atoms with Crippen LogP contribution in [0.2, 0.25) is 0 Å². The smallest absolute Gasteiger partial charge is 0.191 e. The highest BCUT2D eigenvalue weighted by Gasteiger charge is 2.08. The summed E-state index contributed by atoms with van der Waals surface area (Å²) in [5.41, 5.74) is 1.11. The zero-order valence-corrected chi connectivity index (χ0v) is 15.3. The van der Waals surface area contributed by atoms with E-state index in [2.05, 4.69) is 52.0 Å². The molecule has 0 saturated heterocycles. The van der Waals surface area contributed by atoms with Gasteiger partial charge in [0.05, 0.1) is 17.2 Å². The summed E-state index contributed by atoms with van der Waals surface area (Å²) < 4.78 is 0. The van der Waals surface area contributed by atoms with E-state index in [0.717, 1.165) is 36.2 Å². The first-order chi connectivity index (χ1) is 10.6. The molecule has 0 amide bonds.